The third-order valence-corrected chi connectivity index (χ3v) is 6.83. The monoisotopic (exact) mass is 435 g/mol. The molecule has 1 aromatic rings. The Morgan fingerprint density at radius 1 is 1.23 bits per heavy atom. The summed E-state index contributed by atoms with van der Waals surface area (Å²) >= 11 is 1.73. The van der Waals surface area contributed by atoms with Crippen molar-refractivity contribution in [2.24, 2.45) is 16.8 Å². The van der Waals surface area contributed by atoms with Crippen LogP contribution in [-0.2, 0) is 16.1 Å². The Kier molecular flexibility index (Phi) is 8.93. The highest BCUT2D eigenvalue weighted by atomic mass is 32.1. The van der Waals surface area contributed by atoms with Gasteiger partial charge in [0, 0.05) is 38.1 Å². The van der Waals surface area contributed by atoms with Crippen LogP contribution >= 0.6 is 11.3 Å². The summed E-state index contributed by atoms with van der Waals surface area (Å²) in [5.74, 6) is 1.64. The number of thiazole rings is 1. The summed E-state index contributed by atoms with van der Waals surface area (Å²) in [6.45, 7) is 13.2. The molecule has 3 heterocycles. The smallest absolute Gasteiger partial charge is 0.309 e. The molecule has 0 radical (unpaired) electrons. The lowest BCUT2D eigenvalue weighted by Gasteiger charge is -2.34. The summed E-state index contributed by atoms with van der Waals surface area (Å²) < 4.78 is 5.19. The van der Waals surface area contributed by atoms with Gasteiger partial charge >= 0.3 is 5.97 Å². The molecule has 0 spiro atoms. The summed E-state index contributed by atoms with van der Waals surface area (Å²) in [5, 5.41) is 6.78. The van der Waals surface area contributed by atoms with Crippen LogP contribution in [0.2, 0.25) is 0 Å². The minimum Gasteiger partial charge on any atom is -0.466 e. The van der Waals surface area contributed by atoms with Gasteiger partial charge in [-0.05, 0) is 65.5 Å². The second-order valence-electron chi connectivity index (χ2n) is 8.29. The number of nitrogens with zero attached hydrogens (tertiary/aromatic N) is 4. The highest BCUT2D eigenvalue weighted by Gasteiger charge is 2.27. The summed E-state index contributed by atoms with van der Waals surface area (Å²) in [6.07, 6.45) is 4.07. The predicted molar refractivity (Wildman–Crippen MR) is 122 cm³/mol. The Balaban J connectivity index is 1.44. The third kappa shape index (κ3) is 6.67. The van der Waals surface area contributed by atoms with Crippen LogP contribution < -0.4 is 5.32 Å². The topological polar surface area (TPSA) is 70.1 Å². The minimum absolute atomic E-state index is 0.0370. The Bertz CT molecular complexity index is 691. The maximum absolute atomic E-state index is 12.0. The Morgan fingerprint density at radius 2 is 1.97 bits per heavy atom. The van der Waals surface area contributed by atoms with Gasteiger partial charge in [0.25, 0.3) is 0 Å². The van der Waals surface area contributed by atoms with Crippen LogP contribution in [0.25, 0.3) is 0 Å². The average molecular weight is 436 g/mol. The maximum atomic E-state index is 12.0. The summed E-state index contributed by atoms with van der Waals surface area (Å²) in [4.78, 5) is 26.4. The molecular formula is C22H37N5O2S. The molecule has 168 valence electrons. The Hall–Kier alpha value is -1.67. The van der Waals surface area contributed by atoms with Crippen LogP contribution in [0.1, 0.15) is 50.2 Å². The van der Waals surface area contributed by atoms with Gasteiger partial charge in [0.15, 0.2) is 5.96 Å². The van der Waals surface area contributed by atoms with Crippen molar-refractivity contribution in [1.82, 2.24) is 20.1 Å². The van der Waals surface area contributed by atoms with Crippen LogP contribution in [-0.4, -0.2) is 72.6 Å². The maximum Gasteiger partial charge on any atom is 0.309 e. The van der Waals surface area contributed by atoms with Crippen LogP contribution in [0.4, 0.5) is 0 Å². The van der Waals surface area contributed by atoms with Crippen LogP contribution in [0.5, 0.6) is 0 Å². The van der Waals surface area contributed by atoms with Crippen molar-refractivity contribution < 1.29 is 9.53 Å². The molecular weight excluding hydrogens is 398 g/mol. The second-order valence-corrected chi connectivity index (χ2v) is 9.35. The molecule has 0 bridgehead atoms. The fraction of sp³-hybridized carbons (Fsp3) is 0.773. The summed E-state index contributed by atoms with van der Waals surface area (Å²) in [5.41, 5.74) is 1.20. The SMILES string of the molecule is CCNC(=NCC1CCN(Cc2csc(C)n2)CC1)N1CCC(C(=O)OCC)CC1. The highest BCUT2D eigenvalue weighted by molar-refractivity contribution is 7.09. The van der Waals surface area contributed by atoms with Gasteiger partial charge in [0.2, 0.25) is 0 Å². The molecule has 1 N–H and O–H groups in total. The van der Waals surface area contributed by atoms with Gasteiger partial charge in [-0.2, -0.15) is 0 Å². The molecule has 0 unspecified atom stereocenters. The lowest BCUT2D eigenvalue weighted by atomic mass is 9.96. The number of aliphatic imine (C=N–C) groups is 1. The zero-order valence-electron chi connectivity index (χ0n) is 18.7. The van der Waals surface area contributed by atoms with Gasteiger partial charge in [-0.1, -0.05) is 0 Å². The molecule has 2 aliphatic heterocycles. The largest absolute Gasteiger partial charge is 0.466 e. The quantitative estimate of drug-likeness (QED) is 0.403. The van der Waals surface area contributed by atoms with E-state index in [4.69, 9.17) is 9.73 Å². The van der Waals surface area contributed by atoms with E-state index in [-0.39, 0.29) is 11.9 Å². The number of nitrogens with one attached hydrogen (secondary N) is 1. The van der Waals surface area contributed by atoms with E-state index in [1.165, 1.54) is 18.5 Å². The number of hydrogen-bond acceptors (Lipinski definition) is 6. The second kappa shape index (κ2) is 11.6. The minimum atomic E-state index is -0.0429. The van der Waals surface area contributed by atoms with Crippen molar-refractivity contribution >= 4 is 23.3 Å². The molecule has 30 heavy (non-hydrogen) atoms. The van der Waals surface area contributed by atoms with Gasteiger partial charge in [-0.25, -0.2) is 4.98 Å². The standard InChI is InChI=1S/C22H37N5O2S/c1-4-23-22(27-12-8-19(9-13-27)21(28)29-5-2)24-14-18-6-10-26(11-7-18)15-20-16-30-17(3)25-20/h16,18-19H,4-15H2,1-3H3,(H,23,24). The van der Waals surface area contributed by atoms with Crippen LogP contribution in [0.3, 0.4) is 0 Å². The summed E-state index contributed by atoms with van der Waals surface area (Å²) in [7, 11) is 0. The molecule has 3 rings (SSSR count). The van der Waals surface area contributed by atoms with Gasteiger partial charge in [0.05, 0.1) is 23.2 Å². The fourth-order valence-electron chi connectivity index (χ4n) is 4.27. The predicted octanol–water partition coefficient (Wildman–Crippen LogP) is 2.90. The number of likely N-dealkylation sites (tertiary alicyclic amines) is 2. The van der Waals surface area contributed by atoms with E-state index < -0.39 is 0 Å². The molecule has 0 aliphatic carbocycles. The number of carbonyl (C=O) groups is 1. The summed E-state index contributed by atoms with van der Waals surface area (Å²) in [6, 6.07) is 0. The Morgan fingerprint density at radius 3 is 2.57 bits per heavy atom. The molecule has 2 fully saturated rings. The number of ether oxygens (including phenoxy) is 1. The molecule has 2 aliphatic rings. The van der Waals surface area contributed by atoms with Gasteiger partial charge in [0.1, 0.15) is 0 Å². The zero-order valence-corrected chi connectivity index (χ0v) is 19.5. The van der Waals surface area contributed by atoms with Crippen LogP contribution in [0.15, 0.2) is 10.4 Å². The number of guanidine groups is 1. The zero-order chi connectivity index (χ0) is 21.3. The first-order valence-electron chi connectivity index (χ1n) is 11.4. The van der Waals surface area contributed by atoms with Crippen molar-refractivity contribution in [3.05, 3.63) is 16.1 Å². The number of esters is 1. The van der Waals surface area contributed by atoms with E-state index in [1.54, 1.807) is 11.3 Å². The third-order valence-electron chi connectivity index (χ3n) is 6.01. The number of carbonyl (C=O) groups excluding carboxylic acids is 1. The number of aryl methyl sites for hydroxylation is 1. The fourth-order valence-corrected chi connectivity index (χ4v) is 4.87. The number of rotatable bonds is 7. The van der Waals surface area contributed by atoms with E-state index in [0.717, 1.165) is 69.6 Å². The Labute approximate surface area is 184 Å². The highest BCUT2D eigenvalue weighted by Crippen LogP contribution is 2.21. The van der Waals surface area contributed by atoms with E-state index in [0.29, 0.717) is 12.5 Å². The van der Waals surface area contributed by atoms with Crippen molar-refractivity contribution in [3.8, 4) is 0 Å². The molecule has 8 heteroatoms. The molecule has 0 saturated carbocycles. The molecule has 1 aromatic heterocycles. The van der Waals surface area contributed by atoms with E-state index in [2.05, 4.69) is 39.3 Å². The molecule has 0 atom stereocenters. The number of piperidine rings is 2. The molecule has 2 saturated heterocycles. The molecule has 0 amide bonds. The van der Waals surface area contributed by atoms with Crippen molar-refractivity contribution in [2.75, 3.05) is 45.9 Å². The first-order valence-corrected chi connectivity index (χ1v) is 12.3. The molecule has 0 aromatic carbocycles. The normalized spacial score (nSPS) is 19.8. The van der Waals surface area contributed by atoms with Crippen LogP contribution in [0, 0.1) is 18.8 Å². The lowest BCUT2D eigenvalue weighted by molar-refractivity contribution is -0.149. The average Bonchev–Trinajstić information content (AvgIpc) is 3.17. The first kappa shape index (κ1) is 23.0. The van der Waals surface area contributed by atoms with E-state index in [1.807, 2.05) is 6.92 Å². The lowest BCUT2D eigenvalue weighted by Crippen LogP contribution is -2.47. The van der Waals surface area contributed by atoms with E-state index in [9.17, 15) is 4.79 Å². The van der Waals surface area contributed by atoms with E-state index >= 15 is 0 Å². The first-order chi connectivity index (χ1) is 14.6. The van der Waals surface area contributed by atoms with Gasteiger partial charge < -0.3 is 15.0 Å². The molecule has 7 nitrogen and oxygen atoms in total. The van der Waals surface area contributed by atoms with Gasteiger partial charge in [-0.3, -0.25) is 14.7 Å². The van der Waals surface area contributed by atoms with Crippen molar-refractivity contribution in [3.63, 3.8) is 0 Å². The number of aromatic nitrogens is 1. The van der Waals surface area contributed by atoms with Crippen molar-refractivity contribution in [2.45, 2.75) is 53.0 Å². The van der Waals surface area contributed by atoms with Crippen molar-refractivity contribution in [1.29, 1.82) is 0 Å². The number of hydrogen-bond donors (Lipinski definition) is 1. The van der Waals surface area contributed by atoms with Gasteiger partial charge in [-0.15, -0.1) is 11.3 Å².